The van der Waals surface area contributed by atoms with Gasteiger partial charge in [0.2, 0.25) is 9.61 Å². The lowest BCUT2D eigenvalue weighted by Gasteiger charge is -2.20. The lowest BCUT2D eigenvalue weighted by atomic mass is 10.1. The van der Waals surface area contributed by atoms with E-state index in [-0.39, 0.29) is 0 Å². The highest BCUT2D eigenvalue weighted by Gasteiger charge is 2.39. The molecule has 17 heavy (non-hydrogen) atoms. The van der Waals surface area contributed by atoms with Gasteiger partial charge in [-0.25, -0.2) is 22.0 Å². The van der Waals surface area contributed by atoms with Gasteiger partial charge in [0, 0.05) is 0 Å². The first-order valence-electron chi connectivity index (χ1n) is 3.85. The molecule has 0 amide bonds. The van der Waals surface area contributed by atoms with Crippen LogP contribution >= 0.6 is 34.8 Å². The van der Waals surface area contributed by atoms with Crippen LogP contribution in [-0.4, -0.2) is 8.90 Å². The Hall–Kier alpha value is -0.300. The van der Waals surface area contributed by atoms with E-state index >= 15 is 0 Å². The molecule has 0 bridgehead atoms. The van der Waals surface area contributed by atoms with Crippen LogP contribution in [0, 0.1) is 29.1 Å². The Bertz CT molecular complexity index is 430. The number of hydrogen-bond donors (Lipinski definition) is 1. The predicted molar refractivity (Wildman–Crippen MR) is 51.5 cm³/mol. The van der Waals surface area contributed by atoms with Gasteiger partial charge in [0.05, 0.1) is 5.56 Å². The van der Waals surface area contributed by atoms with Gasteiger partial charge >= 0.3 is 0 Å². The van der Waals surface area contributed by atoms with E-state index in [1.165, 1.54) is 0 Å². The van der Waals surface area contributed by atoms with E-state index in [4.69, 9.17) is 34.8 Å². The van der Waals surface area contributed by atoms with Gasteiger partial charge < -0.3 is 5.11 Å². The zero-order valence-electron chi connectivity index (χ0n) is 7.55. The SMILES string of the molecule is O[C@@H](c1c(F)c(F)c(F)c(F)c1F)C(Cl)(Cl)Cl. The Balaban J connectivity index is 3.55. The third-order valence-electron chi connectivity index (χ3n) is 1.83. The van der Waals surface area contributed by atoms with Crippen LogP contribution < -0.4 is 0 Å². The molecule has 1 aromatic carbocycles. The van der Waals surface area contributed by atoms with Gasteiger partial charge in [-0.2, -0.15) is 0 Å². The van der Waals surface area contributed by atoms with Crippen LogP contribution in [0.2, 0.25) is 0 Å². The van der Waals surface area contributed by atoms with Gasteiger partial charge in [0.15, 0.2) is 23.3 Å². The average Bonchev–Trinajstić information content (AvgIpc) is 2.22. The molecule has 1 atom stereocenters. The maximum Gasteiger partial charge on any atom is 0.220 e. The largest absolute Gasteiger partial charge is 0.384 e. The second-order valence-corrected chi connectivity index (χ2v) is 5.30. The molecule has 0 aliphatic rings. The van der Waals surface area contributed by atoms with Crippen molar-refractivity contribution in [3.63, 3.8) is 0 Å². The molecule has 0 saturated carbocycles. The Labute approximate surface area is 107 Å². The average molecular weight is 315 g/mol. The predicted octanol–water partition coefficient (Wildman–Crippen LogP) is 3.79. The first kappa shape index (κ1) is 14.8. The maximum absolute atomic E-state index is 13.1. The third kappa shape index (κ3) is 2.59. The molecule has 1 aromatic rings. The summed E-state index contributed by atoms with van der Waals surface area (Å²) in [6.07, 6.45) is -2.50. The summed E-state index contributed by atoms with van der Waals surface area (Å²) in [6, 6.07) is 0. The molecule has 0 aliphatic carbocycles. The quantitative estimate of drug-likeness (QED) is 0.362. The highest BCUT2D eigenvalue weighted by molar-refractivity contribution is 6.68. The first-order valence-corrected chi connectivity index (χ1v) is 4.98. The summed E-state index contributed by atoms with van der Waals surface area (Å²) in [5, 5.41) is 9.23. The summed E-state index contributed by atoms with van der Waals surface area (Å²) in [4.78, 5) is 0. The fourth-order valence-electron chi connectivity index (χ4n) is 1.03. The van der Waals surface area contributed by atoms with Crippen LogP contribution in [0.5, 0.6) is 0 Å². The summed E-state index contributed by atoms with van der Waals surface area (Å²) in [7, 11) is 0. The van der Waals surface area contributed by atoms with Crippen LogP contribution in [0.4, 0.5) is 22.0 Å². The van der Waals surface area contributed by atoms with E-state index in [2.05, 4.69) is 0 Å². The van der Waals surface area contributed by atoms with Crippen molar-refractivity contribution < 1.29 is 27.1 Å². The monoisotopic (exact) mass is 314 g/mol. The third-order valence-corrected chi connectivity index (χ3v) is 2.45. The number of halogens is 8. The van der Waals surface area contributed by atoms with E-state index in [0.717, 1.165) is 0 Å². The summed E-state index contributed by atoms with van der Waals surface area (Å²) in [6.45, 7) is 0. The number of benzene rings is 1. The normalized spacial score (nSPS) is 13.9. The zero-order chi connectivity index (χ0) is 13.5. The zero-order valence-corrected chi connectivity index (χ0v) is 9.82. The van der Waals surface area contributed by atoms with Gasteiger partial charge in [-0.1, -0.05) is 34.8 Å². The van der Waals surface area contributed by atoms with Gasteiger partial charge in [0.1, 0.15) is 6.10 Å². The van der Waals surface area contributed by atoms with Gasteiger partial charge in [-0.05, 0) is 0 Å². The molecule has 0 spiro atoms. The number of alkyl halides is 3. The Morgan fingerprint density at radius 2 is 1.06 bits per heavy atom. The fraction of sp³-hybridized carbons (Fsp3) is 0.250. The highest BCUT2D eigenvalue weighted by atomic mass is 35.6. The van der Waals surface area contributed by atoms with Crippen LogP contribution in [0.25, 0.3) is 0 Å². The van der Waals surface area contributed by atoms with Crippen LogP contribution in [-0.2, 0) is 0 Å². The van der Waals surface area contributed by atoms with Gasteiger partial charge in [-0.3, -0.25) is 0 Å². The molecule has 0 radical (unpaired) electrons. The van der Waals surface area contributed by atoms with E-state index in [9.17, 15) is 27.1 Å². The lowest BCUT2D eigenvalue weighted by Crippen LogP contribution is -2.21. The van der Waals surface area contributed by atoms with Gasteiger partial charge in [-0.15, -0.1) is 0 Å². The van der Waals surface area contributed by atoms with Crippen LogP contribution in [0.1, 0.15) is 11.7 Å². The number of aliphatic hydroxyl groups excluding tert-OH is 1. The first-order chi connectivity index (χ1) is 7.59. The van der Waals surface area contributed by atoms with Gasteiger partial charge in [0.25, 0.3) is 0 Å². The van der Waals surface area contributed by atoms with E-state index in [0.29, 0.717) is 0 Å². The van der Waals surface area contributed by atoms with E-state index in [1.54, 1.807) is 0 Å². The number of aliphatic hydroxyl groups is 1. The van der Waals surface area contributed by atoms with Crippen molar-refractivity contribution in [3.8, 4) is 0 Å². The van der Waals surface area contributed by atoms with Crippen molar-refractivity contribution in [1.82, 2.24) is 0 Å². The van der Waals surface area contributed by atoms with Crippen LogP contribution in [0.15, 0.2) is 0 Å². The van der Waals surface area contributed by atoms with Crippen molar-refractivity contribution in [2.24, 2.45) is 0 Å². The summed E-state index contributed by atoms with van der Waals surface area (Å²) < 4.78 is 61.8. The Morgan fingerprint density at radius 3 is 1.35 bits per heavy atom. The number of hydrogen-bond acceptors (Lipinski definition) is 1. The van der Waals surface area contributed by atoms with Crippen molar-refractivity contribution in [2.75, 3.05) is 0 Å². The molecular formula is C8H2Cl3F5O. The Morgan fingerprint density at radius 1 is 0.765 bits per heavy atom. The molecule has 0 fully saturated rings. The minimum Gasteiger partial charge on any atom is -0.384 e. The molecule has 0 aromatic heterocycles. The van der Waals surface area contributed by atoms with Crippen LogP contribution in [0.3, 0.4) is 0 Å². The molecule has 96 valence electrons. The summed E-state index contributed by atoms with van der Waals surface area (Å²) >= 11 is 15.3. The van der Waals surface area contributed by atoms with E-state index < -0.39 is 44.5 Å². The number of rotatable bonds is 1. The maximum atomic E-state index is 13.1. The molecule has 0 aliphatic heterocycles. The molecule has 0 saturated heterocycles. The van der Waals surface area contributed by atoms with Crippen molar-refractivity contribution in [1.29, 1.82) is 0 Å². The highest BCUT2D eigenvalue weighted by Crippen LogP contribution is 2.42. The summed E-state index contributed by atoms with van der Waals surface area (Å²) in [5.74, 6) is -11.3. The second kappa shape index (κ2) is 4.76. The molecule has 1 N–H and O–H groups in total. The van der Waals surface area contributed by atoms with E-state index in [1.807, 2.05) is 0 Å². The molecule has 1 nitrogen and oxygen atoms in total. The smallest absolute Gasteiger partial charge is 0.220 e. The molecule has 9 heteroatoms. The molecule has 0 heterocycles. The topological polar surface area (TPSA) is 20.2 Å². The minimum atomic E-state index is -2.64. The summed E-state index contributed by atoms with van der Waals surface area (Å²) in [5.41, 5.74) is -1.60. The minimum absolute atomic E-state index is 1.60. The van der Waals surface area contributed by atoms with Crippen molar-refractivity contribution in [2.45, 2.75) is 9.90 Å². The molecule has 0 unspecified atom stereocenters. The van der Waals surface area contributed by atoms with Crippen molar-refractivity contribution >= 4 is 34.8 Å². The fourth-order valence-corrected chi connectivity index (χ4v) is 1.35. The lowest BCUT2D eigenvalue weighted by molar-refractivity contribution is 0.167. The standard InChI is InChI=1S/C8H2Cl3F5O/c9-8(10,11)7(17)1-2(12)4(14)6(16)5(15)3(1)13/h7,17H/t7-/m0/s1. The van der Waals surface area contributed by atoms with Crippen molar-refractivity contribution in [3.05, 3.63) is 34.6 Å². The molecule has 1 rings (SSSR count). The Kier molecular flexibility index (Phi) is 4.13. The molecular weight excluding hydrogens is 313 g/mol. The second-order valence-electron chi connectivity index (χ2n) is 2.93.